The van der Waals surface area contributed by atoms with Crippen LogP contribution < -0.4 is 5.32 Å². The van der Waals surface area contributed by atoms with Gasteiger partial charge in [-0.15, -0.1) is 0 Å². The van der Waals surface area contributed by atoms with Crippen molar-refractivity contribution in [3.05, 3.63) is 71.8 Å². The highest BCUT2D eigenvalue weighted by molar-refractivity contribution is 5.91. The average Bonchev–Trinajstić information content (AvgIpc) is 3.16. The number of rotatable bonds is 5. The third-order valence-corrected chi connectivity index (χ3v) is 4.93. The quantitative estimate of drug-likeness (QED) is 0.795. The second-order valence-corrected chi connectivity index (χ2v) is 6.80. The Bertz CT molecular complexity index is 834. The number of hydrogen-bond donors (Lipinski definition) is 1. The van der Waals surface area contributed by atoms with Crippen molar-refractivity contribution < 1.29 is 14.3 Å². The second kappa shape index (κ2) is 8.58. The predicted molar refractivity (Wildman–Crippen MR) is 104 cm³/mol. The lowest BCUT2D eigenvalue weighted by molar-refractivity contribution is -0.620. The van der Waals surface area contributed by atoms with Crippen LogP contribution in [0, 0.1) is 0 Å². The molecule has 2 aromatic rings. The molecule has 0 bridgehead atoms. The highest BCUT2D eigenvalue weighted by Gasteiger charge is 2.33. The van der Waals surface area contributed by atoms with Crippen LogP contribution in [0.4, 0.5) is 4.79 Å². The van der Waals surface area contributed by atoms with Crippen LogP contribution in [0.25, 0.3) is 0 Å². The number of amides is 2. The standard InChI is InChI=1S/C21H24N4O2/c1-15(18-10-6-4-7-11-18)17(3)25-14-20(27-24-25)23-21(26)22-16(2)19-12-8-5-9-13-19/h4-13,15-17H,14H2,1-3H3/p+1. The summed E-state index contributed by atoms with van der Waals surface area (Å²) in [5.74, 6) is 0.574. The summed E-state index contributed by atoms with van der Waals surface area (Å²) in [5.41, 5.74) is 2.26. The van der Waals surface area contributed by atoms with E-state index in [0.29, 0.717) is 12.4 Å². The van der Waals surface area contributed by atoms with E-state index < -0.39 is 6.03 Å². The van der Waals surface area contributed by atoms with E-state index in [1.54, 1.807) is 0 Å². The summed E-state index contributed by atoms with van der Waals surface area (Å²) in [7, 11) is 0. The minimum Gasteiger partial charge on any atom is -0.330 e. The molecular formula is C21H25N4O2+. The van der Waals surface area contributed by atoms with Gasteiger partial charge >= 0.3 is 11.9 Å². The van der Waals surface area contributed by atoms with Crippen LogP contribution in [0.1, 0.15) is 43.9 Å². The molecule has 3 unspecified atom stereocenters. The zero-order valence-electron chi connectivity index (χ0n) is 15.9. The van der Waals surface area contributed by atoms with Crippen LogP contribution in [0.5, 0.6) is 0 Å². The van der Waals surface area contributed by atoms with E-state index in [0.717, 1.165) is 5.56 Å². The molecule has 3 rings (SSSR count). The molecule has 0 fully saturated rings. The summed E-state index contributed by atoms with van der Waals surface area (Å²) < 4.78 is 1.82. The van der Waals surface area contributed by atoms with Crippen molar-refractivity contribution in [1.29, 1.82) is 0 Å². The van der Waals surface area contributed by atoms with E-state index in [4.69, 9.17) is 4.84 Å². The lowest BCUT2D eigenvalue weighted by Crippen LogP contribution is -2.29. The molecule has 0 radical (unpaired) electrons. The fourth-order valence-electron chi connectivity index (χ4n) is 3.02. The normalized spacial score (nSPS) is 18.3. The summed E-state index contributed by atoms with van der Waals surface area (Å²) in [6.45, 7) is 6.54. The minimum atomic E-state index is -0.429. The molecule has 6 heteroatoms. The SMILES string of the molecule is CC(NC(=O)N=C1C[N+](C(C)C(C)c2ccccc2)=NO1)c1ccccc1. The van der Waals surface area contributed by atoms with Crippen LogP contribution >= 0.6 is 0 Å². The van der Waals surface area contributed by atoms with E-state index >= 15 is 0 Å². The lowest BCUT2D eigenvalue weighted by Gasteiger charge is -2.14. The van der Waals surface area contributed by atoms with Crippen molar-refractivity contribution in [1.82, 2.24) is 5.32 Å². The molecule has 0 aliphatic carbocycles. The van der Waals surface area contributed by atoms with Crippen molar-refractivity contribution in [2.45, 2.75) is 38.8 Å². The van der Waals surface area contributed by atoms with Crippen molar-refractivity contribution >= 4 is 11.9 Å². The molecule has 27 heavy (non-hydrogen) atoms. The van der Waals surface area contributed by atoms with Gasteiger partial charge in [-0.05, 0) is 18.1 Å². The monoisotopic (exact) mass is 365 g/mol. The molecule has 1 aliphatic rings. The number of urea groups is 1. The predicted octanol–water partition coefficient (Wildman–Crippen LogP) is 4.46. The Hall–Kier alpha value is -3.02. The number of benzene rings is 2. The Balaban J connectivity index is 1.57. The van der Waals surface area contributed by atoms with Gasteiger partial charge in [-0.2, -0.15) is 4.99 Å². The van der Waals surface area contributed by atoms with Crippen LogP contribution in [0.3, 0.4) is 0 Å². The zero-order chi connectivity index (χ0) is 19.2. The maximum atomic E-state index is 12.2. The van der Waals surface area contributed by atoms with E-state index in [9.17, 15) is 4.79 Å². The van der Waals surface area contributed by atoms with Gasteiger partial charge in [0.2, 0.25) is 0 Å². The maximum Gasteiger partial charge on any atom is 0.344 e. The second-order valence-electron chi connectivity index (χ2n) is 6.80. The first-order valence-corrected chi connectivity index (χ1v) is 9.17. The Morgan fingerprint density at radius 2 is 1.63 bits per heavy atom. The fraction of sp³-hybridized carbons (Fsp3) is 0.333. The number of hydrogen-bond acceptors (Lipinski definition) is 3. The van der Waals surface area contributed by atoms with E-state index in [-0.39, 0.29) is 18.0 Å². The van der Waals surface area contributed by atoms with Gasteiger partial charge < -0.3 is 5.32 Å². The van der Waals surface area contributed by atoms with E-state index in [1.807, 2.05) is 60.2 Å². The zero-order valence-corrected chi connectivity index (χ0v) is 15.9. The Morgan fingerprint density at radius 1 is 1.04 bits per heavy atom. The van der Waals surface area contributed by atoms with Crippen molar-refractivity contribution in [2.24, 2.45) is 10.3 Å². The van der Waals surface area contributed by atoms with E-state index in [1.165, 1.54) is 5.56 Å². The molecule has 0 aromatic heterocycles. The van der Waals surface area contributed by atoms with Crippen molar-refractivity contribution in [3.63, 3.8) is 0 Å². The average molecular weight is 365 g/mol. The number of carbonyl (C=O) groups excluding carboxylic acids is 1. The van der Waals surface area contributed by atoms with Crippen molar-refractivity contribution in [2.75, 3.05) is 6.54 Å². The van der Waals surface area contributed by atoms with Gasteiger partial charge in [0.25, 0.3) is 6.54 Å². The first-order chi connectivity index (χ1) is 13.0. The van der Waals surface area contributed by atoms with Gasteiger partial charge in [-0.25, -0.2) is 4.79 Å². The number of nitrogens with one attached hydrogen (secondary N) is 1. The molecule has 3 atom stereocenters. The Labute approximate surface area is 159 Å². The van der Waals surface area contributed by atoms with Crippen LogP contribution in [-0.2, 0) is 4.84 Å². The molecule has 140 valence electrons. The maximum absolute atomic E-state index is 12.2. The number of carbonyl (C=O) groups is 1. The topological polar surface area (TPSA) is 66.1 Å². The fourth-order valence-corrected chi connectivity index (χ4v) is 3.02. The highest BCUT2D eigenvalue weighted by Crippen LogP contribution is 2.22. The first kappa shape index (κ1) is 18.8. The molecule has 2 aromatic carbocycles. The third-order valence-electron chi connectivity index (χ3n) is 4.93. The van der Waals surface area contributed by atoms with Gasteiger partial charge in [0, 0.05) is 12.8 Å². The molecule has 1 aliphatic heterocycles. The summed E-state index contributed by atoms with van der Waals surface area (Å²) in [4.78, 5) is 21.5. The molecule has 0 saturated heterocycles. The van der Waals surface area contributed by atoms with Gasteiger partial charge in [-0.1, -0.05) is 72.3 Å². The van der Waals surface area contributed by atoms with Crippen LogP contribution in [0.2, 0.25) is 0 Å². The highest BCUT2D eigenvalue weighted by atomic mass is 16.7. The third kappa shape index (κ3) is 4.78. The molecular weight excluding hydrogens is 340 g/mol. The number of nitrogens with zero attached hydrogens (tertiary/aromatic N) is 3. The van der Waals surface area contributed by atoms with Gasteiger partial charge in [0.15, 0.2) is 11.3 Å². The molecule has 0 spiro atoms. The molecule has 2 amide bonds. The molecule has 0 saturated carbocycles. The smallest absolute Gasteiger partial charge is 0.330 e. The van der Waals surface area contributed by atoms with Crippen LogP contribution in [0.15, 0.2) is 70.9 Å². The van der Waals surface area contributed by atoms with E-state index in [2.05, 4.69) is 41.6 Å². The molecule has 1 heterocycles. The summed E-state index contributed by atoms with van der Waals surface area (Å²) in [6, 6.07) is 19.6. The number of aliphatic imine (C=N–C) groups is 1. The molecule has 1 N–H and O–H groups in total. The molecule has 6 nitrogen and oxygen atoms in total. The van der Waals surface area contributed by atoms with Gasteiger partial charge in [-0.3, -0.25) is 4.84 Å². The summed E-state index contributed by atoms with van der Waals surface area (Å²) in [5, 5.41) is 6.93. The van der Waals surface area contributed by atoms with Crippen LogP contribution in [-0.4, -0.2) is 29.2 Å². The van der Waals surface area contributed by atoms with Crippen molar-refractivity contribution in [3.8, 4) is 0 Å². The minimum absolute atomic E-state index is 0.117. The van der Waals surface area contributed by atoms with Gasteiger partial charge in [0.1, 0.15) is 0 Å². The Morgan fingerprint density at radius 3 is 2.26 bits per heavy atom. The van der Waals surface area contributed by atoms with Gasteiger partial charge in [0.05, 0.1) is 6.04 Å². The largest absolute Gasteiger partial charge is 0.344 e. The lowest BCUT2D eigenvalue weighted by atomic mass is 9.94. The Kier molecular flexibility index (Phi) is 5.96. The summed E-state index contributed by atoms with van der Waals surface area (Å²) in [6.07, 6.45) is 0. The summed E-state index contributed by atoms with van der Waals surface area (Å²) >= 11 is 0. The first-order valence-electron chi connectivity index (χ1n) is 9.17.